The van der Waals surface area contributed by atoms with Gasteiger partial charge in [0.1, 0.15) is 0 Å². The maximum Gasteiger partial charge on any atom is 0.253 e. The molecule has 1 aliphatic rings. The van der Waals surface area contributed by atoms with Gasteiger partial charge in [0.15, 0.2) is 0 Å². The van der Waals surface area contributed by atoms with Crippen molar-refractivity contribution < 1.29 is 9.59 Å². The van der Waals surface area contributed by atoms with Crippen molar-refractivity contribution in [2.45, 2.75) is 39.2 Å². The fourth-order valence-electron chi connectivity index (χ4n) is 2.52. The van der Waals surface area contributed by atoms with E-state index in [0.29, 0.717) is 11.3 Å². The third-order valence-corrected chi connectivity index (χ3v) is 3.63. The number of carbonyl (C=O) groups is 2. The Hall–Kier alpha value is -1.59. The van der Waals surface area contributed by atoms with E-state index in [9.17, 15) is 9.59 Å². The number of halogens is 1. The van der Waals surface area contributed by atoms with Gasteiger partial charge in [0.25, 0.3) is 5.91 Å². The summed E-state index contributed by atoms with van der Waals surface area (Å²) in [5.41, 5.74) is 0.760. The van der Waals surface area contributed by atoms with Crippen molar-refractivity contribution in [3.8, 4) is 0 Å². The summed E-state index contributed by atoms with van der Waals surface area (Å²) < 4.78 is 0. The van der Waals surface area contributed by atoms with E-state index >= 15 is 0 Å². The average molecular weight is 340 g/mol. The highest BCUT2D eigenvalue weighted by molar-refractivity contribution is 6.04. The molecule has 1 saturated heterocycles. The summed E-state index contributed by atoms with van der Waals surface area (Å²) in [6, 6.07) is 7.14. The van der Waals surface area contributed by atoms with Gasteiger partial charge in [-0.1, -0.05) is 12.1 Å². The highest BCUT2D eigenvalue weighted by Crippen LogP contribution is 2.19. The standard InChI is InChI=1S/C17H25N3O2.ClH/c1-17(2,3)20-16(22)13-6-4-5-7-14(13)19-15(21)12-8-10-18-11-9-12;/h4-7,12,18H,8-11H2,1-3H3,(H,19,21)(H,20,22);1H. The second-order valence-electron chi connectivity index (χ2n) is 6.76. The number of rotatable bonds is 3. The van der Waals surface area contributed by atoms with E-state index in [1.165, 1.54) is 0 Å². The van der Waals surface area contributed by atoms with Crippen molar-refractivity contribution in [2.24, 2.45) is 5.92 Å². The molecule has 2 amide bonds. The highest BCUT2D eigenvalue weighted by Gasteiger charge is 2.23. The second kappa shape index (κ2) is 8.31. The number of nitrogens with one attached hydrogen (secondary N) is 3. The predicted molar refractivity (Wildman–Crippen MR) is 95.1 cm³/mol. The predicted octanol–water partition coefficient (Wildman–Crippen LogP) is 2.57. The van der Waals surface area contributed by atoms with E-state index in [1.54, 1.807) is 18.2 Å². The van der Waals surface area contributed by atoms with E-state index in [1.807, 2.05) is 26.8 Å². The lowest BCUT2D eigenvalue weighted by Gasteiger charge is -2.23. The highest BCUT2D eigenvalue weighted by atomic mass is 35.5. The van der Waals surface area contributed by atoms with Gasteiger partial charge in [0.2, 0.25) is 5.91 Å². The zero-order valence-electron chi connectivity index (χ0n) is 13.9. The van der Waals surface area contributed by atoms with Crippen LogP contribution in [0.4, 0.5) is 5.69 Å². The number of piperidine rings is 1. The third kappa shape index (κ3) is 5.84. The molecule has 3 N–H and O–H groups in total. The van der Waals surface area contributed by atoms with Gasteiger partial charge in [-0.25, -0.2) is 0 Å². The van der Waals surface area contributed by atoms with Gasteiger partial charge in [-0.3, -0.25) is 9.59 Å². The van der Waals surface area contributed by atoms with Crippen LogP contribution in [0.25, 0.3) is 0 Å². The van der Waals surface area contributed by atoms with Gasteiger partial charge in [-0.2, -0.15) is 0 Å². The Bertz CT molecular complexity index is 549. The summed E-state index contributed by atoms with van der Waals surface area (Å²) in [6.45, 7) is 7.53. The summed E-state index contributed by atoms with van der Waals surface area (Å²) in [6.07, 6.45) is 1.67. The van der Waals surface area contributed by atoms with Crippen molar-refractivity contribution in [2.75, 3.05) is 18.4 Å². The van der Waals surface area contributed by atoms with Crippen LogP contribution in [-0.4, -0.2) is 30.4 Å². The largest absolute Gasteiger partial charge is 0.347 e. The fourth-order valence-corrected chi connectivity index (χ4v) is 2.52. The molecule has 5 nitrogen and oxygen atoms in total. The molecule has 1 aromatic carbocycles. The van der Waals surface area contributed by atoms with Crippen LogP contribution in [0.2, 0.25) is 0 Å². The van der Waals surface area contributed by atoms with Crippen LogP contribution in [0.15, 0.2) is 24.3 Å². The van der Waals surface area contributed by atoms with Crippen LogP contribution in [0.1, 0.15) is 44.0 Å². The van der Waals surface area contributed by atoms with E-state index in [2.05, 4.69) is 16.0 Å². The first-order valence-corrected chi connectivity index (χ1v) is 7.80. The Balaban J connectivity index is 0.00000264. The number of hydrogen-bond acceptors (Lipinski definition) is 3. The molecule has 0 aromatic heterocycles. The molecular weight excluding hydrogens is 314 g/mol. The normalized spacial score (nSPS) is 15.4. The van der Waals surface area contributed by atoms with Crippen molar-refractivity contribution in [1.29, 1.82) is 0 Å². The molecule has 0 saturated carbocycles. The minimum atomic E-state index is -0.316. The Labute approximate surface area is 144 Å². The van der Waals surface area contributed by atoms with Gasteiger partial charge in [-0.15, -0.1) is 12.4 Å². The SMILES string of the molecule is CC(C)(C)NC(=O)c1ccccc1NC(=O)C1CCNCC1.Cl. The molecule has 0 atom stereocenters. The molecule has 23 heavy (non-hydrogen) atoms. The summed E-state index contributed by atoms with van der Waals surface area (Å²) in [5, 5.41) is 9.09. The Morgan fingerprint density at radius 3 is 2.35 bits per heavy atom. The van der Waals surface area contributed by atoms with Gasteiger partial charge in [-0.05, 0) is 58.8 Å². The van der Waals surface area contributed by atoms with Crippen molar-refractivity contribution >= 4 is 29.9 Å². The molecule has 2 rings (SSSR count). The smallest absolute Gasteiger partial charge is 0.253 e. The van der Waals surface area contributed by atoms with E-state index in [4.69, 9.17) is 0 Å². The van der Waals surface area contributed by atoms with Gasteiger partial charge in [0.05, 0.1) is 11.3 Å². The summed E-state index contributed by atoms with van der Waals surface area (Å²) in [4.78, 5) is 24.7. The van der Waals surface area contributed by atoms with Crippen molar-refractivity contribution in [1.82, 2.24) is 10.6 Å². The zero-order valence-corrected chi connectivity index (χ0v) is 14.8. The number of hydrogen-bond donors (Lipinski definition) is 3. The van der Waals surface area contributed by atoms with Gasteiger partial charge < -0.3 is 16.0 Å². The first-order chi connectivity index (χ1) is 10.4. The van der Waals surface area contributed by atoms with Crippen LogP contribution in [0, 0.1) is 5.92 Å². The zero-order chi connectivity index (χ0) is 16.2. The molecular formula is C17H26ClN3O2. The first-order valence-electron chi connectivity index (χ1n) is 7.80. The minimum Gasteiger partial charge on any atom is -0.347 e. The lowest BCUT2D eigenvalue weighted by Crippen LogP contribution is -2.41. The van der Waals surface area contributed by atoms with Crippen LogP contribution in [0.3, 0.4) is 0 Å². The molecule has 0 aliphatic carbocycles. The van der Waals surface area contributed by atoms with Crippen LogP contribution < -0.4 is 16.0 Å². The molecule has 1 aliphatic heterocycles. The molecule has 0 radical (unpaired) electrons. The molecule has 0 unspecified atom stereocenters. The molecule has 1 heterocycles. The first kappa shape index (κ1) is 19.5. The number of carbonyl (C=O) groups excluding carboxylic acids is 2. The summed E-state index contributed by atoms with van der Waals surface area (Å²) >= 11 is 0. The summed E-state index contributed by atoms with van der Waals surface area (Å²) in [5.74, 6) is -0.161. The topological polar surface area (TPSA) is 70.2 Å². The Morgan fingerprint density at radius 2 is 1.74 bits per heavy atom. The maximum atomic E-state index is 12.4. The summed E-state index contributed by atoms with van der Waals surface area (Å²) in [7, 11) is 0. The quantitative estimate of drug-likeness (QED) is 0.792. The number of para-hydroxylation sites is 1. The van der Waals surface area contributed by atoms with E-state index < -0.39 is 0 Å². The molecule has 1 aromatic rings. The maximum absolute atomic E-state index is 12.4. The molecule has 1 fully saturated rings. The van der Waals surface area contributed by atoms with Crippen LogP contribution in [0.5, 0.6) is 0 Å². The Morgan fingerprint density at radius 1 is 1.13 bits per heavy atom. The van der Waals surface area contributed by atoms with E-state index in [-0.39, 0.29) is 35.7 Å². The number of amides is 2. The lowest BCUT2D eigenvalue weighted by molar-refractivity contribution is -0.120. The van der Waals surface area contributed by atoms with Gasteiger partial charge >= 0.3 is 0 Å². The average Bonchev–Trinajstić information content (AvgIpc) is 2.47. The number of benzene rings is 1. The monoisotopic (exact) mass is 339 g/mol. The van der Waals surface area contributed by atoms with Crippen molar-refractivity contribution in [3.05, 3.63) is 29.8 Å². The van der Waals surface area contributed by atoms with Gasteiger partial charge in [0, 0.05) is 11.5 Å². The fraction of sp³-hybridized carbons (Fsp3) is 0.529. The Kier molecular flexibility index (Phi) is 7.03. The molecule has 0 spiro atoms. The minimum absolute atomic E-state index is 0. The van der Waals surface area contributed by atoms with Crippen LogP contribution >= 0.6 is 12.4 Å². The molecule has 128 valence electrons. The van der Waals surface area contributed by atoms with Crippen molar-refractivity contribution in [3.63, 3.8) is 0 Å². The van der Waals surface area contributed by atoms with Crippen LogP contribution in [-0.2, 0) is 4.79 Å². The molecule has 6 heteroatoms. The lowest BCUT2D eigenvalue weighted by atomic mass is 9.97. The third-order valence-electron chi connectivity index (χ3n) is 3.63. The second-order valence-corrected chi connectivity index (χ2v) is 6.76. The number of anilines is 1. The van der Waals surface area contributed by atoms with E-state index in [0.717, 1.165) is 25.9 Å². The molecule has 0 bridgehead atoms.